The van der Waals surface area contributed by atoms with Gasteiger partial charge in [0, 0.05) is 25.7 Å². The van der Waals surface area contributed by atoms with Crippen molar-refractivity contribution in [3.05, 3.63) is 35.5 Å². The van der Waals surface area contributed by atoms with Crippen molar-refractivity contribution >= 4 is 5.78 Å². The third-order valence-corrected chi connectivity index (χ3v) is 4.57. The van der Waals surface area contributed by atoms with Gasteiger partial charge in [0.05, 0.1) is 0 Å². The number of allylic oxidation sites excluding steroid dienone is 6. The van der Waals surface area contributed by atoms with Gasteiger partial charge in [-0.25, -0.2) is 0 Å². The van der Waals surface area contributed by atoms with Crippen LogP contribution in [0.4, 0.5) is 0 Å². The van der Waals surface area contributed by atoms with E-state index in [1.54, 1.807) is 7.11 Å². The predicted octanol–water partition coefficient (Wildman–Crippen LogP) is 5.65. The number of ether oxygens (including phenoxy) is 1. The van der Waals surface area contributed by atoms with Crippen LogP contribution in [0.3, 0.4) is 0 Å². The highest BCUT2D eigenvalue weighted by molar-refractivity contribution is 5.98. The summed E-state index contributed by atoms with van der Waals surface area (Å²) in [6.07, 6.45) is 15.7. The molecule has 0 saturated heterocycles. The molecule has 0 heterocycles. The van der Waals surface area contributed by atoms with E-state index in [1.165, 1.54) is 5.57 Å². The van der Waals surface area contributed by atoms with E-state index in [2.05, 4.69) is 39.0 Å². The summed E-state index contributed by atoms with van der Waals surface area (Å²) in [4.78, 5) is 12.5. The van der Waals surface area contributed by atoms with E-state index < -0.39 is 0 Å². The zero-order valence-electron chi connectivity index (χ0n) is 15.4. The van der Waals surface area contributed by atoms with E-state index in [9.17, 15) is 4.79 Å². The van der Waals surface area contributed by atoms with Crippen molar-refractivity contribution in [3.8, 4) is 0 Å². The molecule has 1 unspecified atom stereocenters. The fourth-order valence-electron chi connectivity index (χ4n) is 3.06. The monoisotopic (exact) mass is 318 g/mol. The van der Waals surface area contributed by atoms with Gasteiger partial charge in [0.25, 0.3) is 0 Å². The van der Waals surface area contributed by atoms with E-state index in [-0.39, 0.29) is 5.78 Å². The maximum absolute atomic E-state index is 12.5. The van der Waals surface area contributed by atoms with Gasteiger partial charge < -0.3 is 4.74 Å². The van der Waals surface area contributed by atoms with E-state index in [0.717, 1.165) is 50.7 Å². The Morgan fingerprint density at radius 2 is 2.13 bits per heavy atom. The number of carbonyl (C=O) groups excluding carboxylic acids is 1. The first-order valence-corrected chi connectivity index (χ1v) is 9.24. The molecule has 1 aliphatic rings. The van der Waals surface area contributed by atoms with Crippen molar-refractivity contribution in [1.29, 1.82) is 0 Å². The van der Waals surface area contributed by atoms with Crippen molar-refractivity contribution in [1.82, 2.24) is 0 Å². The van der Waals surface area contributed by atoms with Crippen molar-refractivity contribution in [3.63, 3.8) is 0 Å². The van der Waals surface area contributed by atoms with Crippen LogP contribution < -0.4 is 0 Å². The molecular formula is C21H34O2. The Kier molecular flexibility index (Phi) is 9.86. The second-order valence-corrected chi connectivity index (χ2v) is 6.65. The van der Waals surface area contributed by atoms with E-state index >= 15 is 0 Å². The van der Waals surface area contributed by atoms with Crippen molar-refractivity contribution in [2.24, 2.45) is 11.8 Å². The zero-order chi connectivity index (χ0) is 17.1. The normalized spacial score (nSPS) is 25.5. The fourth-order valence-corrected chi connectivity index (χ4v) is 3.06. The molecule has 0 amide bonds. The molecule has 0 spiro atoms. The van der Waals surface area contributed by atoms with Crippen molar-refractivity contribution in [2.75, 3.05) is 13.7 Å². The van der Waals surface area contributed by atoms with Crippen LogP contribution in [0, 0.1) is 11.8 Å². The number of rotatable bonds is 10. The number of methoxy groups -OCH3 is 1. The molecule has 0 aromatic carbocycles. The Morgan fingerprint density at radius 1 is 1.35 bits per heavy atom. The Morgan fingerprint density at radius 3 is 2.78 bits per heavy atom. The molecule has 0 bridgehead atoms. The van der Waals surface area contributed by atoms with Crippen molar-refractivity contribution < 1.29 is 9.53 Å². The molecule has 2 atom stereocenters. The molecule has 130 valence electrons. The van der Waals surface area contributed by atoms with Crippen LogP contribution in [0.2, 0.25) is 0 Å². The number of carbonyl (C=O) groups is 1. The van der Waals surface area contributed by atoms with Gasteiger partial charge in [0.2, 0.25) is 0 Å². The minimum Gasteiger partial charge on any atom is -0.385 e. The lowest BCUT2D eigenvalue weighted by molar-refractivity contribution is -0.115. The van der Waals surface area contributed by atoms with E-state index in [4.69, 9.17) is 4.74 Å². The second-order valence-electron chi connectivity index (χ2n) is 6.65. The van der Waals surface area contributed by atoms with Gasteiger partial charge in [0.15, 0.2) is 5.78 Å². The minimum atomic E-state index is 0.289. The first-order valence-electron chi connectivity index (χ1n) is 9.24. The van der Waals surface area contributed by atoms with Gasteiger partial charge in [-0.15, -0.1) is 0 Å². The van der Waals surface area contributed by atoms with Gasteiger partial charge in [-0.2, -0.15) is 0 Å². The summed E-state index contributed by atoms with van der Waals surface area (Å²) in [5.41, 5.74) is 2.20. The Balaban J connectivity index is 2.94. The average molecular weight is 319 g/mol. The summed E-state index contributed by atoms with van der Waals surface area (Å²) in [7, 11) is 1.75. The molecule has 0 saturated carbocycles. The van der Waals surface area contributed by atoms with Crippen LogP contribution >= 0.6 is 0 Å². The van der Waals surface area contributed by atoms with Gasteiger partial charge in [-0.3, -0.25) is 4.79 Å². The molecule has 0 aromatic rings. The molecule has 0 aromatic heterocycles. The highest BCUT2D eigenvalue weighted by Crippen LogP contribution is 2.27. The summed E-state index contributed by atoms with van der Waals surface area (Å²) in [6.45, 7) is 7.41. The first kappa shape index (κ1) is 19.9. The predicted molar refractivity (Wildman–Crippen MR) is 98.5 cm³/mol. The third-order valence-electron chi connectivity index (χ3n) is 4.57. The molecule has 1 rings (SSSR count). The molecule has 2 heteroatoms. The highest BCUT2D eigenvalue weighted by Gasteiger charge is 2.16. The van der Waals surface area contributed by atoms with E-state index in [0.29, 0.717) is 18.3 Å². The van der Waals surface area contributed by atoms with Crippen LogP contribution in [0.25, 0.3) is 0 Å². The fraction of sp³-hybridized carbons (Fsp3) is 0.667. The largest absolute Gasteiger partial charge is 0.385 e. The van der Waals surface area contributed by atoms with Crippen LogP contribution in [0.15, 0.2) is 35.5 Å². The molecule has 23 heavy (non-hydrogen) atoms. The van der Waals surface area contributed by atoms with Crippen LogP contribution in [-0.4, -0.2) is 19.5 Å². The molecule has 0 fully saturated rings. The molecule has 1 aliphatic carbocycles. The van der Waals surface area contributed by atoms with Gasteiger partial charge >= 0.3 is 0 Å². The maximum atomic E-state index is 12.5. The second kappa shape index (κ2) is 11.4. The topological polar surface area (TPSA) is 26.3 Å². The summed E-state index contributed by atoms with van der Waals surface area (Å²) < 4.78 is 5.26. The van der Waals surface area contributed by atoms with Crippen LogP contribution in [0.5, 0.6) is 0 Å². The van der Waals surface area contributed by atoms with Crippen LogP contribution in [0.1, 0.15) is 65.7 Å². The Labute approximate surface area is 142 Å². The molecule has 0 aliphatic heterocycles. The highest BCUT2D eigenvalue weighted by atomic mass is 16.5. The molecule has 0 radical (unpaired) electrons. The quantitative estimate of drug-likeness (QED) is 0.487. The number of Topliss-reactive ketones (excluding diaryl/α,β-unsaturated/α-hetero) is 1. The lowest BCUT2D eigenvalue weighted by atomic mass is 9.86. The first-order chi connectivity index (χ1) is 11.1. The smallest absolute Gasteiger partial charge is 0.162 e. The van der Waals surface area contributed by atoms with Gasteiger partial charge in [-0.05, 0) is 49.2 Å². The zero-order valence-corrected chi connectivity index (χ0v) is 15.4. The SMILES string of the molecule is CCCCCC(=O)C1=C/C(C(CC)CCOC)=C\[C@H](C)C\C=C\1. The molecule has 0 N–H and O–H groups in total. The summed E-state index contributed by atoms with van der Waals surface area (Å²) in [6, 6.07) is 0. The third kappa shape index (κ3) is 7.30. The summed E-state index contributed by atoms with van der Waals surface area (Å²) >= 11 is 0. The number of ketones is 1. The summed E-state index contributed by atoms with van der Waals surface area (Å²) in [5.74, 6) is 1.28. The summed E-state index contributed by atoms with van der Waals surface area (Å²) in [5, 5.41) is 0. The van der Waals surface area contributed by atoms with Crippen molar-refractivity contribution in [2.45, 2.75) is 65.7 Å². The van der Waals surface area contributed by atoms with Crippen LogP contribution in [-0.2, 0) is 9.53 Å². The Hall–Kier alpha value is -1.15. The van der Waals surface area contributed by atoms with Gasteiger partial charge in [0.1, 0.15) is 0 Å². The lowest BCUT2D eigenvalue weighted by Gasteiger charge is -2.20. The molecule has 2 nitrogen and oxygen atoms in total. The standard InChI is InChI=1S/C21H34O2/c1-5-7-8-12-21(22)19-11-9-10-17(3)15-20(16-19)18(6-2)13-14-23-4/h9,11,15-18H,5-8,10,12-14H2,1-4H3/b11-9+,19-16+,20-15+/t17-,18?/m1/s1. The Bertz CT molecular complexity index is 443. The number of unbranched alkanes of at least 4 members (excludes halogenated alkanes) is 2. The molecular weight excluding hydrogens is 284 g/mol. The number of hydrogen-bond acceptors (Lipinski definition) is 2. The lowest BCUT2D eigenvalue weighted by Crippen LogP contribution is -2.10. The van der Waals surface area contributed by atoms with Gasteiger partial charge in [-0.1, -0.05) is 51.8 Å². The number of hydrogen-bond donors (Lipinski definition) is 0. The minimum absolute atomic E-state index is 0.289. The maximum Gasteiger partial charge on any atom is 0.162 e. The van der Waals surface area contributed by atoms with E-state index in [1.807, 2.05) is 6.08 Å². The average Bonchev–Trinajstić information content (AvgIpc) is 2.52.